The predicted octanol–water partition coefficient (Wildman–Crippen LogP) is 2.17. The molecule has 7 heteroatoms. The monoisotopic (exact) mass is 345 g/mol. The van der Waals surface area contributed by atoms with Crippen LogP contribution in [0.15, 0.2) is 30.3 Å². The number of likely N-dealkylation sites (N-methyl/N-ethyl adjacent to an activating group) is 1. The second kappa shape index (κ2) is 7.72. The third-order valence-electron chi connectivity index (χ3n) is 4.23. The van der Waals surface area contributed by atoms with Gasteiger partial charge < -0.3 is 10.2 Å². The fraction of sp³-hybridized carbons (Fsp3) is 0.471. The minimum absolute atomic E-state index is 0.165. The van der Waals surface area contributed by atoms with Gasteiger partial charge >= 0.3 is 0 Å². The van der Waals surface area contributed by atoms with Crippen LogP contribution in [0.1, 0.15) is 12.8 Å². The molecule has 1 N–H and O–H groups in total. The van der Waals surface area contributed by atoms with Crippen LogP contribution in [0.2, 0.25) is 0 Å². The van der Waals surface area contributed by atoms with Crippen LogP contribution in [0, 0.1) is 0 Å². The lowest BCUT2D eigenvalue weighted by Crippen LogP contribution is -2.43. The van der Waals surface area contributed by atoms with Crippen LogP contribution in [0.3, 0.4) is 0 Å². The number of carbonyl (C=O) groups is 1. The molecule has 24 heavy (non-hydrogen) atoms. The molecule has 1 fully saturated rings. The average molecular weight is 345 g/mol. The number of piperidine rings is 1. The van der Waals surface area contributed by atoms with Crippen molar-refractivity contribution in [3.63, 3.8) is 0 Å². The van der Waals surface area contributed by atoms with Crippen molar-refractivity contribution < 1.29 is 4.79 Å². The minimum atomic E-state index is 0.165. The standard InChI is InChI=1S/C17H23N5OS/c1-21(2)15(23)12-22-10-8-14(9-11-22)18-17-19-16(20-24-17)13-6-4-3-5-7-13/h3-7,14H,8-12H2,1-2H3,(H,18,19,20). The van der Waals surface area contributed by atoms with Crippen LogP contribution in [0.25, 0.3) is 11.4 Å². The van der Waals surface area contributed by atoms with Crippen molar-refractivity contribution in [2.45, 2.75) is 18.9 Å². The first-order valence-corrected chi connectivity index (χ1v) is 8.97. The van der Waals surface area contributed by atoms with Gasteiger partial charge in [0.1, 0.15) is 0 Å². The number of anilines is 1. The molecule has 0 saturated carbocycles. The molecule has 1 aliphatic heterocycles. The summed E-state index contributed by atoms with van der Waals surface area (Å²) in [5, 5.41) is 4.36. The van der Waals surface area contributed by atoms with E-state index in [0.29, 0.717) is 12.6 Å². The molecule has 0 spiro atoms. The van der Waals surface area contributed by atoms with E-state index in [9.17, 15) is 4.79 Å². The Hall–Kier alpha value is -1.99. The van der Waals surface area contributed by atoms with Gasteiger partial charge in [0.15, 0.2) is 5.82 Å². The first-order chi connectivity index (χ1) is 11.6. The quantitative estimate of drug-likeness (QED) is 0.900. The van der Waals surface area contributed by atoms with Crippen molar-refractivity contribution in [3.8, 4) is 11.4 Å². The second-order valence-corrected chi connectivity index (χ2v) is 7.02. The number of hydrogen-bond acceptors (Lipinski definition) is 6. The molecule has 0 unspecified atom stereocenters. The van der Waals surface area contributed by atoms with Gasteiger partial charge in [-0.25, -0.2) is 0 Å². The number of likely N-dealkylation sites (tertiary alicyclic amines) is 1. The zero-order valence-corrected chi connectivity index (χ0v) is 14.9. The molecule has 1 aromatic heterocycles. The Labute approximate surface area is 146 Å². The number of nitrogens with zero attached hydrogens (tertiary/aromatic N) is 4. The molecule has 2 heterocycles. The molecular formula is C17H23N5OS. The van der Waals surface area contributed by atoms with Gasteiger partial charge in [0.2, 0.25) is 11.0 Å². The van der Waals surface area contributed by atoms with Crippen LogP contribution >= 0.6 is 11.5 Å². The highest BCUT2D eigenvalue weighted by molar-refractivity contribution is 7.09. The molecule has 6 nitrogen and oxygen atoms in total. The van der Waals surface area contributed by atoms with E-state index in [0.717, 1.165) is 42.5 Å². The maximum Gasteiger partial charge on any atom is 0.236 e. The average Bonchev–Trinajstić information content (AvgIpc) is 3.06. The Kier molecular flexibility index (Phi) is 5.42. The van der Waals surface area contributed by atoms with E-state index in [1.54, 1.807) is 19.0 Å². The normalized spacial score (nSPS) is 16.1. The first-order valence-electron chi connectivity index (χ1n) is 8.20. The third kappa shape index (κ3) is 4.30. The second-order valence-electron chi connectivity index (χ2n) is 6.27. The van der Waals surface area contributed by atoms with Crippen molar-refractivity contribution in [3.05, 3.63) is 30.3 Å². The van der Waals surface area contributed by atoms with E-state index in [-0.39, 0.29) is 5.91 Å². The topological polar surface area (TPSA) is 61.4 Å². The third-order valence-corrected chi connectivity index (χ3v) is 4.88. The van der Waals surface area contributed by atoms with E-state index in [1.807, 2.05) is 30.3 Å². The van der Waals surface area contributed by atoms with Gasteiger partial charge in [0.05, 0.1) is 6.54 Å². The largest absolute Gasteiger partial charge is 0.357 e. The number of nitrogens with one attached hydrogen (secondary N) is 1. The number of carbonyl (C=O) groups excluding carboxylic acids is 1. The van der Waals surface area contributed by atoms with E-state index in [4.69, 9.17) is 0 Å². The maximum atomic E-state index is 11.8. The molecule has 1 aliphatic rings. The number of benzene rings is 1. The Morgan fingerprint density at radius 3 is 2.67 bits per heavy atom. The highest BCUT2D eigenvalue weighted by Crippen LogP contribution is 2.23. The van der Waals surface area contributed by atoms with Crippen molar-refractivity contribution in [2.24, 2.45) is 0 Å². The summed E-state index contributed by atoms with van der Waals surface area (Å²) in [6.07, 6.45) is 2.03. The highest BCUT2D eigenvalue weighted by atomic mass is 32.1. The number of aromatic nitrogens is 2. The molecule has 3 rings (SSSR count). The Bertz CT molecular complexity index is 665. The SMILES string of the molecule is CN(C)C(=O)CN1CCC(Nc2nc(-c3ccccc3)ns2)CC1. The molecular weight excluding hydrogens is 322 g/mol. The number of rotatable bonds is 5. The van der Waals surface area contributed by atoms with Gasteiger partial charge in [0.25, 0.3) is 0 Å². The van der Waals surface area contributed by atoms with Crippen molar-refractivity contribution >= 4 is 22.6 Å². The zero-order chi connectivity index (χ0) is 16.9. The molecule has 0 aliphatic carbocycles. The smallest absolute Gasteiger partial charge is 0.236 e. The van der Waals surface area contributed by atoms with E-state index in [1.165, 1.54) is 11.5 Å². The molecule has 1 saturated heterocycles. The summed E-state index contributed by atoms with van der Waals surface area (Å²) in [5.74, 6) is 0.940. The van der Waals surface area contributed by atoms with Gasteiger partial charge in [-0.1, -0.05) is 30.3 Å². The Balaban J connectivity index is 1.50. The molecule has 0 atom stereocenters. The molecule has 0 bridgehead atoms. The highest BCUT2D eigenvalue weighted by Gasteiger charge is 2.22. The van der Waals surface area contributed by atoms with Gasteiger partial charge in [-0.3, -0.25) is 9.69 Å². The summed E-state index contributed by atoms with van der Waals surface area (Å²) < 4.78 is 4.43. The molecule has 1 amide bonds. The lowest BCUT2D eigenvalue weighted by atomic mass is 10.1. The fourth-order valence-electron chi connectivity index (χ4n) is 2.73. The lowest BCUT2D eigenvalue weighted by Gasteiger charge is -2.32. The van der Waals surface area contributed by atoms with Crippen molar-refractivity contribution in [2.75, 3.05) is 39.0 Å². The van der Waals surface area contributed by atoms with E-state index >= 15 is 0 Å². The van der Waals surface area contributed by atoms with Gasteiger partial charge in [0, 0.05) is 50.3 Å². The molecule has 0 radical (unpaired) electrons. The van der Waals surface area contributed by atoms with E-state index < -0.39 is 0 Å². The van der Waals surface area contributed by atoms with Gasteiger partial charge in [-0.2, -0.15) is 9.36 Å². The summed E-state index contributed by atoms with van der Waals surface area (Å²) in [5.41, 5.74) is 1.04. The first kappa shape index (κ1) is 16.9. The van der Waals surface area contributed by atoms with Crippen molar-refractivity contribution in [1.82, 2.24) is 19.2 Å². The fourth-order valence-corrected chi connectivity index (χ4v) is 3.40. The molecule has 2 aromatic rings. The number of amides is 1. The zero-order valence-electron chi connectivity index (χ0n) is 14.1. The maximum absolute atomic E-state index is 11.8. The van der Waals surface area contributed by atoms with Crippen LogP contribution in [0.4, 0.5) is 5.13 Å². The summed E-state index contributed by atoms with van der Waals surface area (Å²) in [6, 6.07) is 10.4. The van der Waals surface area contributed by atoms with Gasteiger partial charge in [-0.15, -0.1) is 0 Å². The van der Waals surface area contributed by atoms with Crippen LogP contribution < -0.4 is 5.32 Å². The van der Waals surface area contributed by atoms with Crippen molar-refractivity contribution in [1.29, 1.82) is 0 Å². The Morgan fingerprint density at radius 2 is 2.00 bits per heavy atom. The summed E-state index contributed by atoms with van der Waals surface area (Å²) in [4.78, 5) is 20.2. The van der Waals surface area contributed by atoms with E-state index in [2.05, 4.69) is 19.6 Å². The Morgan fingerprint density at radius 1 is 1.29 bits per heavy atom. The van der Waals surface area contributed by atoms with Crippen LogP contribution in [0.5, 0.6) is 0 Å². The lowest BCUT2D eigenvalue weighted by molar-refractivity contribution is -0.130. The molecule has 128 valence electrons. The predicted molar refractivity (Wildman–Crippen MR) is 97.1 cm³/mol. The van der Waals surface area contributed by atoms with Gasteiger partial charge in [-0.05, 0) is 12.8 Å². The summed E-state index contributed by atoms with van der Waals surface area (Å²) in [7, 11) is 3.60. The number of hydrogen-bond donors (Lipinski definition) is 1. The summed E-state index contributed by atoms with van der Waals surface area (Å²) >= 11 is 1.41. The summed E-state index contributed by atoms with van der Waals surface area (Å²) in [6.45, 7) is 2.37. The minimum Gasteiger partial charge on any atom is -0.357 e. The van der Waals surface area contributed by atoms with Crippen LogP contribution in [-0.2, 0) is 4.79 Å². The molecule has 1 aromatic carbocycles. The van der Waals surface area contributed by atoms with Crippen LogP contribution in [-0.4, -0.2) is 64.8 Å².